The van der Waals surface area contributed by atoms with Crippen LogP contribution in [0.25, 0.3) is 5.69 Å². The van der Waals surface area contributed by atoms with Crippen LogP contribution in [-0.2, 0) is 0 Å². The molecule has 1 amide bonds. The smallest absolute Gasteiger partial charge is 0.270 e. The Bertz CT molecular complexity index is 536. The van der Waals surface area contributed by atoms with Gasteiger partial charge in [-0.05, 0) is 44.0 Å². The summed E-state index contributed by atoms with van der Waals surface area (Å²) in [5.41, 5.74) is 6.30. The molecular weight excluding hydrogens is 338 g/mol. The molecule has 4 nitrogen and oxygen atoms in total. The van der Waals surface area contributed by atoms with E-state index in [1.54, 1.807) is 4.57 Å². The van der Waals surface area contributed by atoms with Gasteiger partial charge in [0.05, 0.1) is 0 Å². The average molecular weight is 345 g/mol. The van der Waals surface area contributed by atoms with E-state index in [1.807, 2.05) is 30.3 Å². The Morgan fingerprint density at radius 1 is 1.25 bits per heavy atom. The lowest BCUT2D eigenvalue weighted by atomic mass is 10.3. The summed E-state index contributed by atoms with van der Waals surface area (Å²) in [5.74, 6) is -0.567. The minimum Gasteiger partial charge on any atom is -0.364 e. The van der Waals surface area contributed by atoms with Crippen LogP contribution in [0.1, 0.15) is 10.5 Å². The van der Waals surface area contributed by atoms with Crippen molar-refractivity contribution >= 4 is 37.8 Å². The lowest BCUT2D eigenvalue weighted by molar-refractivity contribution is 0.0995. The van der Waals surface area contributed by atoms with Crippen molar-refractivity contribution in [1.82, 2.24) is 9.55 Å². The molecule has 0 saturated carbocycles. The molecular formula is C10H7Br2N3O. The Morgan fingerprint density at radius 3 is 2.38 bits per heavy atom. The predicted molar refractivity (Wildman–Crippen MR) is 67.5 cm³/mol. The summed E-state index contributed by atoms with van der Waals surface area (Å²) < 4.78 is 2.82. The minimum absolute atomic E-state index is 0.204. The number of nitrogens with two attached hydrogens (primary N) is 1. The molecule has 1 aromatic carbocycles. The lowest BCUT2D eigenvalue weighted by Gasteiger charge is -2.04. The highest BCUT2D eigenvalue weighted by molar-refractivity contribution is 9.11. The zero-order chi connectivity index (χ0) is 11.7. The quantitative estimate of drug-likeness (QED) is 0.909. The van der Waals surface area contributed by atoms with E-state index in [1.165, 1.54) is 0 Å². The SMILES string of the molecule is NC(=O)c1nc(Br)n(-c2ccccc2)c1Br. The van der Waals surface area contributed by atoms with Crippen molar-refractivity contribution in [2.24, 2.45) is 5.73 Å². The molecule has 2 aromatic rings. The highest BCUT2D eigenvalue weighted by Crippen LogP contribution is 2.26. The predicted octanol–water partition coefficient (Wildman–Crippen LogP) is 2.50. The fourth-order valence-electron chi connectivity index (χ4n) is 1.33. The third-order valence-electron chi connectivity index (χ3n) is 2.03. The number of benzene rings is 1. The van der Waals surface area contributed by atoms with Gasteiger partial charge in [-0.25, -0.2) is 4.98 Å². The first kappa shape index (κ1) is 11.3. The van der Waals surface area contributed by atoms with E-state index in [9.17, 15) is 4.79 Å². The molecule has 1 aromatic heterocycles. The molecule has 2 rings (SSSR count). The van der Waals surface area contributed by atoms with Crippen LogP contribution in [0.4, 0.5) is 0 Å². The van der Waals surface area contributed by atoms with Gasteiger partial charge < -0.3 is 5.73 Å². The van der Waals surface area contributed by atoms with E-state index >= 15 is 0 Å². The van der Waals surface area contributed by atoms with E-state index in [4.69, 9.17) is 5.73 Å². The molecule has 0 aliphatic heterocycles. The van der Waals surface area contributed by atoms with E-state index in [2.05, 4.69) is 36.8 Å². The van der Waals surface area contributed by atoms with Crippen LogP contribution in [0.2, 0.25) is 0 Å². The number of carbonyl (C=O) groups is 1. The normalized spacial score (nSPS) is 10.4. The van der Waals surface area contributed by atoms with Crippen molar-refractivity contribution < 1.29 is 4.79 Å². The van der Waals surface area contributed by atoms with Gasteiger partial charge in [-0.15, -0.1) is 0 Å². The monoisotopic (exact) mass is 343 g/mol. The van der Waals surface area contributed by atoms with E-state index in [0.717, 1.165) is 5.69 Å². The van der Waals surface area contributed by atoms with Crippen LogP contribution in [0, 0.1) is 0 Å². The number of para-hydroxylation sites is 1. The number of primary amides is 1. The van der Waals surface area contributed by atoms with Crippen molar-refractivity contribution in [3.63, 3.8) is 0 Å². The summed E-state index contributed by atoms with van der Waals surface area (Å²) in [6, 6.07) is 9.53. The number of aromatic nitrogens is 2. The van der Waals surface area contributed by atoms with Gasteiger partial charge in [-0.2, -0.15) is 0 Å². The minimum atomic E-state index is -0.567. The number of imidazole rings is 1. The molecule has 2 N–H and O–H groups in total. The second-order valence-corrected chi connectivity index (χ2v) is 4.52. The van der Waals surface area contributed by atoms with E-state index in [0.29, 0.717) is 9.34 Å². The molecule has 0 atom stereocenters. The fraction of sp³-hybridized carbons (Fsp3) is 0. The Labute approximate surface area is 109 Å². The van der Waals surface area contributed by atoms with Crippen molar-refractivity contribution in [2.45, 2.75) is 0 Å². The Kier molecular flexibility index (Phi) is 3.11. The van der Waals surface area contributed by atoms with Crippen molar-refractivity contribution in [1.29, 1.82) is 0 Å². The summed E-state index contributed by atoms with van der Waals surface area (Å²) in [4.78, 5) is 15.2. The standard InChI is InChI=1S/C10H7Br2N3O/c11-8-7(9(13)16)14-10(12)15(8)6-4-2-1-3-5-6/h1-5H,(H2,13,16). The summed E-state index contributed by atoms with van der Waals surface area (Å²) in [7, 11) is 0. The summed E-state index contributed by atoms with van der Waals surface area (Å²) in [5, 5.41) is 0. The van der Waals surface area contributed by atoms with Gasteiger partial charge in [0.25, 0.3) is 5.91 Å². The zero-order valence-corrected chi connectivity index (χ0v) is 11.2. The maximum Gasteiger partial charge on any atom is 0.270 e. The summed E-state index contributed by atoms with van der Waals surface area (Å²) >= 11 is 6.60. The maximum absolute atomic E-state index is 11.1. The van der Waals surface area contributed by atoms with Gasteiger partial charge in [0.15, 0.2) is 10.4 Å². The largest absolute Gasteiger partial charge is 0.364 e. The molecule has 0 spiro atoms. The molecule has 0 saturated heterocycles. The fourth-order valence-corrected chi connectivity index (χ4v) is 2.78. The number of halogens is 2. The average Bonchev–Trinajstić information content (AvgIpc) is 2.56. The lowest BCUT2D eigenvalue weighted by Crippen LogP contribution is -2.12. The molecule has 0 aliphatic carbocycles. The first-order valence-electron chi connectivity index (χ1n) is 4.40. The second-order valence-electron chi connectivity index (χ2n) is 3.06. The number of hydrogen-bond donors (Lipinski definition) is 1. The Balaban J connectivity index is 2.63. The van der Waals surface area contributed by atoms with Gasteiger partial charge in [0.2, 0.25) is 0 Å². The van der Waals surface area contributed by atoms with Crippen LogP contribution in [0.15, 0.2) is 39.7 Å². The van der Waals surface area contributed by atoms with E-state index < -0.39 is 5.91 Å². The van der Waals surface area contributed by atoms with Crippen molar-refractivity contribution in [3.05, 3.63) is 45.4 Å². The third kappa shape index (κ3) is 1.90. The van der Waals surface area contributed by atoms with Gasteiger partial charge in [-0.3, -0.25) is 9.36 Å². The van der Waals surface area contributed by atoms with E-state index in [-0.39, 0.29) is 5.69 Å². The molecule has 0 unspecified atom stereocenters. The van der Waals surface area contributed by atoms with Crippen molar-refractivity contribution in [2.75, 3.05) is 0 Å². The van der Waals surface area contributed by atoms with Gasteiger partial charge in [0.1, 0.15) is 4.60 Å². The first-order valence-corrected chi connectivity index (χ1v) is 5.99. The number of amides is 1. The van der Waals surface area contributed by atoms with Crippen LogP contribution in [0.5, 0.6) is 0 Å². The number of nitrogens with zero attached hydrogens (tertiary/aromatic N) is 2. The Hall–Kier alpha value is -1.14. The molecule has 0 aliphatic rings. The molecule has 0 bridgehead atoms. The molecule has 0 radical (unpaired) electrons. The summed E-state index contributed by atoms with van der Waals surface area (Å²) in [6.07, 6.45) is 0. The molecule has 1 heterocycles. The van der Waals surface area contributed by atoms with Crippen LogP contribution < -0.4 is 5.73 Å². The van der Waals surface area contributed by atoms with Gasteiger partial charge >= 0.3 is 0 Å². The second kappa shape index (κ2) is 4.39. The highest BCUT2D eigenvalue weighted by atomic mass is 79.9. The van der Waals surface area contributed by atoms with Gasteiger partial charge in [-0.1, -0.05) is 18.2 Å². The van der Waals surface area contributed by atoms with Crippen LogP contribution >= 0.6 is 31.9 Å². The number of rotatable bonds is 2. The summed E-state index contributed by atoms with van der Waals surface area (Å²) in [6.45, 7) is 0. The zero-order valence-electron chi connectivity index (χ0n) is 8.02. The molecule has 0 fully saturated rings. The van der Waals surface area contributed by atoms with Gasteiger partial charge in [0, 0.05) is 5.69 Å². The third-order valence-corrected chi connectivity index (χ3v) is 3.29. The first-order chi connectivity index (χ1) is 7.61. The highest BCUT2D eigenvalue weighted by Gasteiger charge is 2.18. The van der Waals surface area contributed by atoms with Crippen molar-refractivity contribution in [3.8, 4) is 5.69 Å². The topological polar surface area (TPSA) is 60.9 Å². The molecule has 6 heteroatoms. The maximum atomic E-state index is 11.1. The Morgan fingerprint density at radius 2 is 1.88 bits per heavy atom. The number of carbonyl (C=O) groups excluding carboxylic acids is 1. The van der Waals surface area contributed by atoms with Crippen LogP contribution in [0.3, 0.4) is 0 Å². The molecule has 82 valence electrons. The van der Waals surface area contributed by atoms with Crippen LogP contribution in [-0.4, -0.2) is 15.5 Å². The molecule has 16 heavy (non-hydrogen) atoms. The number of hydrogen-bond acceptors (Lipinski definition) is 2.